The first-order valence-electron chi connectivity index (χ1n) is 6.90. The second-order valence-corrected chi connectivity index (χ2v) is 6.25. The topological polar surface area (TPSA) is 12.0 Å². The Balaban J connectivity index is 2.17. The highest BCUT2D eigenvalue weighted by Gasteiger charge is 2.34. The van der Waals surface area contributed by atoms with Gasteiger partial charge in [0.2, 0.25) is 0 Å². The highest BCUT2D eigenvalue weighted by molar-refractivity contribution is 6.31. The van der Waals surface area contributed by atoms with E-state index < -0.39 is 11.7 Å². The average Bonchev–Trinajstić information content (AvgIpc) is 2.35. The lowest BCUT2D eigenvalue weighted by Crippen LogP contribution is -2.33. The van der Waals surface area contributed by atoms with E-state index in [0.717, 1.165) is 18.9 Å². The van der Waals surface area contributed by atoms with Crippen LogP contribution < -0.4 is 5.32 Å². The van der Waals surface area contributed by atoms with Gasteiger partial charge in [-0.2, -0.15) is 13.2 Å². The van der Waals surface area contributed by atoms with E-state index in [1.807, 2.05) is 0 Å². The Labute approximate surface area is 122 Å². The van der Waals surface area contributed by atoms with Gasteiger partial charge in [0.25, 0.3) is 0 Å². The van der Waals surface area contributed by atoms with Crippen LogP contribution in [0.5, 0.6) is 0 Å². The summed E-state index contributed by atoms with van der Waals surface area (Å²) in [5.41, 5.74) is -0.284. The van der Waals surface area contributed by atoms with Gasteiger partial charge in [-0.15, -0.1) is 0 Å². The van der Waals surface area contributed by atoms with Crippen molar-refractivity contribution in [2.75, 3.05) is 5.32 Å². The van der Waals surface area contributed by atoms with E-state index in [1.165, 1.54) is 12.5 Å². The first kappa shape index (κ1) is 15.5. The van der Waals surface area contributed by atoms with Crippen molar-refractivity contribution in [2.24, 2.45) is 11.8 Å². The lowest BCUT2D eigenvalue weighted by atomic mass is 9.80. The Hall–Kier alpha value is -0.900. The van der Waals surface area contributed by atoms with Crippen molar-refractivity contribution in [3.05, 3.63) is 28.8 Å². The summed E-state index contributed by atoms with van der Waals surface area (Å²) in [7, 11) is 0. The molecule has 20 heavy (non-hydrogen) atoms. The van der Waals surface area contributed by atoms with E-state index in [-0.39, 0.29) is 11.1 Å². The van der Waals surface area contributed by atoms with Gasteiger partial charge in [-0.05, 0) is 42.9 Å². The number of benzene rings is 1. The van der Waals surface area contributed by atoms with Crippen LogP contribution in [0.1, 0.15) is 38.7 Å². The minimum atomic E-state index is -4.42. The van der Waals surface area contributed by atoms with Crippen molar-refractivity contribution in [1.29, 1.82) is 0 Å². The van der Waals surface area contributed by atoms with Crippen LogP contribution in [-0.2, 0) is 6.18 Å². The summed E-state index contributed by atoms with van der Waals surface area (Å²) in [5.74, 6) is 1.08. The third kappa shape index (κ3) is 3.60. The zero-order chi connectivity index (χ0) is 14.9. The lowest BCUT2D eigenvalue weighted by Gasteiger charge is -2.34. The highest BCUT2D eigenvalue weighted by Crippen LogP contribution is 2.37. The van der Waals surface area contributed by atoms with Crippen LogP contribution in [0, 0.1) is 11.8 Å². The van der Waals surface area contributed by atoms with E-state index in [4.69, 9.17) is 11.6 Å². The summed E-state index contributed by atoms with van der Waals surface area (Å²) < 4.78 is 38.5. The monoisotopic (exact) mass is 305 g/mol. The van der Waals surface area contributed by atoms with Crippen molar-refractivity contribution in [3.63, 3.8) is 0 Å². The molecule has 1 nitrogen and oxygen atoms in total. The van der Waals surface area contributed by atoms with Gasteiger partial charge in [-0.25, -0.2) is 0 Å². The van der Waals surface area contributed by atoms with E-state index >= 15 is 0 Å². The van der Waals surface area contributed by atoms with Crippen LogP contribution in [0.3, 0.4) is 0 Å². The normalized spacial score (nSPS) is 27.4. The predicted octanol–water partition coefficient (Wildman–Crippen LogP) is 5.60. The molecule has 1 N–H and O–H groups in total. The molecule has 0 aromatic heterocycles. The molecule has 1 aliphatic carbocycles. The fourth-order valence-electron chi connectivity index (χ4n) is 2.78. The third-order valence-corrected chi connectivity index (χ3v) is 4.41. The molecule has 1 fully saturated rings. The molecule has 0 amide bonds. The SMILES string of the molecule is CC1CCC(C)C(Nc2ccc(Cl)c(C(F)(F)F)c2)C1. The average molecular weight is 306 g/mol. The van der Waals surface area contributed by atoms with Gasteiger partial charge in [0.15, 0.2) is 0 Å². The van der Waals surface area contributed by atoms with Crippen LogP contribution >= 0.6 is 11.6 Å². The summed E-state index contributed by atoms with van der Waals surface area (Å²) in [4.78, 5) is 0. The van der Waals surface area contributed by atoms with Crippen molar-refractivity contribution in [2.45, 2.75) is 45.3 Å². The number of hydrogen-bond acceptors (Lipinski definition) is 1. The maximum Gasteiger partial charge on any atom is 0.417 e. The quantitative estimate of drug-likeness (QED) is 0.750. The predicted molar refractivity (Wildman–Crippen MR) is 76.0 cm³/mol. The molecule has 112 valence electrons. The third-order valence-electron chi connectivity index (χ3n) is 4.08. The molecule has 0 heterocycles. The number of hydrogen-bond donors (Lipinski definition) is 1. The number of rotatable bonds is 2. The summed E-state index contributed by atoms with van der Waals surface area (Å²) in [6, 6.07) is 4.25. The first-order valence-corrected chi connectivity index (χ1v) is 7.28. The number of halogens is 4. The largest absolute Gasteiger partial charge is 0.417 e. The van der Waals surface area contributed by atoms with Crippen molar-refractivity contribution >= 4 is 17.3 Å². The van der Waals surface area contributed by atoms with Gasteiger partial charge in [-0.1, -0.05) is 31.9 Å². The molecule has 3 unspecified atom stereocenters. The molecule has 0 radical (unpaired) electrons. The Kier molecular flexibility index (Phi) is 4.52. The van der Waals surface area contributed by atoms with Gasteiger partial charge in [-0.3, -0.25) is 0 Å². The van der Waals surface area contributed by atoms with Gasteiger partial charge < -0.3 is 5.32 Å². The first-order chi connectivity index (χ1) is 9.27. The van der Waals surface area contributed by atoms with Crippen LogP contribution in [0.15, 0.2) is 18.2 Å². The Morgan fingerprint density at radius 1 is 1.20 bits per heavy atom. The molecule has 1 saturated carbocycles. The number of nitrogens with one attached hydrogen (secondary N) is 1. The zero-order valence-corrected chi connectivity index (χ0v) is 12.4. The Morgan fingerprint density at radius 2 is 1.90 bits per heavy atom. The maximum atomic E-state index is 12.8. The van der Waals surface area contributed by atoms with Crippen LogP contribution in [0.4, 0.5) is 18.9 Å². The minimum absolute atomic E-state index is 0.223. The summed E-state index contributed by atoms with van der Waals surface area (Å²) >= 11 is 5.63. The molecule has 0 spiro atoms. The molecule has 0 saturated heterocycles. The Morgan fingerprint density at radius 3 is 2.55 bits per heavy atom. The fraction of sp³-hybridized carbons (Fsp3) is 0.600. The second-order valence-electron chi connectivity index (χ2n) is 5.84. The van der Waals surface area contributed by atoms with Crippen LogP contribution in [-0.4, -0.2) is 6.04 Å². The molecular weight excluding hydrogens is 287 g/mol. The van der Waals surface area contributed by atoms with E-state index in [0.29, 0.717) is 17.5 Å². The van der Waals surface area contributed by atoms with Gasteiger partial charge in [0, 0.05) is 11.7 Å². The molecule has 1 aromatic carbocycles. The van der Waals surface area contributed by atoms with E-state index in [2.05, 4.69) is 19.2 Å². The molecule has 1 aromatic rings. The molecule has 1 aliphatic rings. The summed E-state index contributed by atoms with van der Waals surface area (Å²) in [5, 5.41) is 2.99. The molecular formula is C15H19ClF3N. The van der Waals surface area contributed by atoms with E-state index in [9.17, 15) is 13.2 Å². The van der Waals surface area contributed by atoms with Gasteiger partial charge in [0.05, 0.1) is 10.6 Å². The molecule has 5 heteroatoms. The smallest absolute Gasteiger partial charge is 0.382 e. The summed E-state index contributed by atoms with van der Waals surface area (Å²) in [6.45, 7) is 4.33. The molecule has 0 aliphatic heterocycles. The Bertz CT molecular complexity index is 473. The fourth-order valence-corrected chi connectivity index (χ4v) is 3.00. The zero-order valence-electron chi connectivity index (χ0n) is 11.6. The van der Waals surface area contributed by atoms with Crippen LogP contribution in [0.2, 0.25) is 5.02 Å². The molecule has 2 rings (SSSR count). The maximum absolute atomic E-state index is 12.8. The van der Waals surface area contributed by atoms with Gasteiger partial charge in [0.1, 0.15) is 0 Å². The lowest BCUT2D eigenvalue weighted by molar-refractivity contribution is -0.137. The standard InChI is InChI=1S/C15H19ClF3N/c1-9-3-4-10(2)14(7-9)20-11-5-6-13(16)12(8-11)15(17,18)19/h5-6,8-10,14,20H,3-4,7H2,1-2H3. The number of alkyl halides is 3. The molecule has 0 bridgehead atoms. The minimum Gasteiger partial charge on any atom is -0.382 e. The van der Waals surface area contributed by atoms with Crippen molar-refractivity contribution < 1.29 is 13.2 Å². The van der Waals surface area contributed by atoms with Crippen molar-refractivity contribution in [1.82, 2.24) is 0 Å². The molecule has 3 atom stereocenters. The van der Waals surface area contributed by atoms with Crippen LogP contribution in [0.25, 0.3) is 0 Å². The highest BCUT2D eigenvalue weighted by atomic mass is 35.5. The second kappa shape index (κ2) is 5.84. The van der Waals surface area contributed by atoms with Crippen molar-refractivity contribution in [3.8, 4) is 0 Å². The van der Waals surface area contributed by atoms with Gasteiger partial charge >= 0.3 is 6.18 Å². The summed E-state index contributed by atoms with van der Waals surface area (Å²) in [6.07, 6.45) is -1.13. The number of anilines is 1. The van der Waals surface area contributed by atoms with E-state index in [1.54, 1.807) is 6.07 Å².